The number of ether oxygens (including phenoxy) is 1. The summed E-state index contributed by atoms with van der Waals surface area (Å²) in [6.45, 7) is 12.5. The van der Waals surface area contributed by atoms with Crippen molar-refractivity contribution in [3.8, 4) is 0 Å². The monoisotopic (exact) mass is 249 g/mol. The van der Waals surface area contributed by atoms with Gasteiger partial charge in [-0.1, -0.05) is 29.3 Å². The van der Waals surface area contributed by atoms with Crippen molar-refractivity contribution in [2.75, 3.05) is 13.2 Å². The highest BCUT2D eigenvalue weighted by molar-refractivity contribution is 5.30. The van der Waals surface area contributed by atoms with E-state index in [9.17, 15) is 0 Å². The van der Waals surface area contributed by atoms with Crippen LogP contribution < -0.4 is 5.32 Å². The maximum absolute atomic E-state index is 5.53. The summed E-state index contributed by atoms with van der Waals surface area (Å²) in [6, 6.07) is 7.14. The van der Waals surface area contributed by atoms with Gasteiger partial charge in [0.25, 0.3) is 0 Å². The van der Waals surface area contributed by atoms with Crippen LogP contribution in [0.3, 0.4) is 0 Å². The Hall–Kier alpha value is -0.860. The number of rotatable bonds is 7. The second kappa shape index (κ2) is 7.55. The zero-order valence-electron chi connectivity index (χ0n) is 12.4. The first-order valence-corrected chi connectivity index (χ1v) is 6.92. The van der Waals surface area contributed by atoms with Crippen LogP contribution in [0.4, 0.5) is 0 Å². The first kappa shape index (κ1) is 15.2. The van der Waals surface area contributed by atoms with Crippen molar-refractivity contribution >= 4 is 0 Å². The summed E-state index contributed by atoms with van der Waals surface area (Å²) >= 11 is 0. The summed E-state index contributed by atoms with van der Waals surface area (Å²) < 4.78 is 5.53. The van der Waals surface area contributed by atoms with E-state index in [4.69, 9.17) is 4.74 Å². The molecule has 0 aromatic heterocycles. The van der Waals surface area contributed by atoms with Gasteiger partial charge >= 0.3 is 0 Å². The van der Waals surface area contributed by atoms with Gasteiger partial charge < -0.3 is 10.1 Å². The molecular weight excluding hydrogens is 222 g/mol. The van der Waals surface area contributed by atoms with Crippen molar-refractivity contribution in [3.05, 3.63) is 34.9 Å². The Bertz CT molecular complexity index is 340. The lowest BCUT2D eigenvalue weighted by atomic mass is 10.0. The van der Waals surface area contributed by atoms with Crippen molar-refractivity contribution in [1.82, 2.24) is 5.32 Å². The van der Waals surface area contributed by atoms with E-state index in [0.717, 1.165) is 19.6 Å². The number of hydrogen-bond donors (Lipinski definition) is 1. The van der Waals surface area contributed by atoms with E-state index in [-0.39, 0.29) is 0 Å². The molecule has 0 radical (unpaired) electrons. The van der Waals surface area contributed by atoms with Gasteiger partial charge in [0.05, 0.1) is 6.10 Å². The van der Waals surface area contributed by atoms with E-state index in [1.807, 2.05) is 0 Å². The molecule has 0 saturated heterocycles. The largest absolute Gasteiger partial charge is 0.379 e. The maximum atomic E-state index is 5.53. The summed E-state index contributed by atoms with van der Waals surface area (Å²) in [7, 11) is 0. The first-order chi connectivity index (χ1) is 8.49. The predicted octanol–water partition coefficient (Wildman–Crippen LogP) is 3.77. The zero-order chi connectivity index (χ0) is 13.5. The summed E-state index contributed by atoms with van der Waals surface area (Å²) in [5.41, 5.74) is 4.04. The van der Waals surface area contributed by atoms with Crippen molar-refractivity contribution < 1.29 is 4.74 Å². The number of benzene rings is 1. The molecule has 102 valence electrons. The standard InChI is InChI=1S/C16H27NO/c1-12(2)18-8-6-7-17-15(5)16-10-13(3)9-14(4)11-16/h9-12,15,17H,6-8H2,1-5H3. The van der Waals surface area contributed by atoms with Gasteiger partial charge in [0.1, 0.15) is 0 Å². The minimum atomic E-state index is 0.335. The van der Waals surface area contributed by atoms with Crippen LogP contribution in [0, 0.1) is 13.8 Å². The predicted molar refractivity (Wildman–Crippen MR) is 78.0 cm³/mol. The molecule has 1 rings (SSSR count). The third-order valence-electron chi connectivity index (χ3n) is 2.97. The van der Waals surface area contributed by atoms with Gasteiger partial charge in [0.15, 0.2) is 0 Å². The maximum Gasteiger partial charge on any atom is 0.0518 e. The highest BCUT2D eigenvalue weighted by atomic mass is 16.5. The molecule has 0 aliphatic rings. The van der Waals surface area contributed by atoms with Crippen LogP contribution in [0.2, 0.25) is 0 Å². The normalized spacial score (nSPS) is 13.0. The van der Waals surface area contributed by atoms with Gasteiger partial charge in [0.2, 0.25) is 0 Å². The Morgan fingerprint density at radius 1 is 1.06 bits per heavy atom. The van der Waals surface area contributed by atoms with Gasteiger partial charge in [-0.05, 0) is 53.1 Å². The van der Waals surface area contributed by atoms with E-state index in [1.165, 1.54) is 16.7 Å². The molecule has 0 saturated carbocycles. The van der Waals surface area contributed by atoms with Gasteiger partial charge in [-0.25, -0.2) is 0 Å². The van der Waals surface area contributed by atoms with Crippen molar-refractivity contribution in [3.63, 3.8) is 0 Å². The van der Waals surface area contributed by atoms with Crippen LogP contribution in [-0.4, -0.2) is 19.3 Å². The SMILES string of the molecule is Cc1cc(C)cc(C(C)NCCCOC(C)C)c1. The Balaban J connectivity index is 2.34. The average Bonchev–Trinajstić information content (AvgIpc) is 2.26. The van der Waals surface area contributed by atoms with E-state index in [0.29, 0.717) is 12.1 Å². The van der Waals surface area contributed by atoms with Gasteiger partial charge in [0, 0.05) is 12.6 Å². The Morgan fingerprint density at radius 3 is 2.22 bits per heavy atom. The summed E-state index contributed by atoms with van der Waals surface area (Å²) in [5, 5.41) is 3.55. The molecule has 1 atom stereocenters. The minimum Gasteiger partial charge on any atom is -0.379 e. The fourth-order valence-corrected chi connectivity index (χ4v) is 2.09. The molecule has 1 aromatic rings. The van der Waals surface area contributed by atoms with Crippen molar-refractivity contribution in [2.45, 2.75) is 53.2 Å². The van der Waals surface area contributed by atoms with E-state index < -0.39 is 0 Å². The van der Waals surface area contributed by atoms with E-state index in [2.05, 4.69) is 58.1 Å². The molecule has 0 bridgehead atoms. The number of nitrogens with one attached hydrogen (secondary N) is 1. The molecule has 0 heterocycles. The molecular formula is C16H27NO. The second-order valence-electron chi connectivity index (χ2n) is 5.37. The van der Waals surface area contributed by atoms with Gasteiger partial charge in [-0.3, -0.25) is 0 Å². The van der Waals surface area contributed by atoms with Crippen LogP contribution in [0.5, 0.6) is 0 Å². The topological polar surface area (TPSA) is 21.3 Å². The third-order valence-corrected chi connectivity index (χ3v) is 2.97. The molecule has 1 N–H and O–H groups in total. The van der Waals surface area contributed by atoms with E-state index >= 15 is 0 Å². The Kier molecular flexibility index (Phi) is 6.37. The average molecular weight is 249 g/mol. The minimum absolute atomic E-state index is 0.335. The quantitative estimate of drug-likeness (QED) is 0.743. The van der Waals surface area contributed by atoms with Crippen LogP contribution in [0.25, 0.3) is 0 Å². The second-order valence-corrected chi connectivity index (χ2v) is 5.37. The zero-order valence-corrected chi connectivity index (χ0v) is 12.4. The summed E-state index contributed by atoms with van der Waals surface area (Å²) in [5.74, 6) is 0. The summed E-state index contributed by atoms with van der Waals surface area (Å²) in [4.78, 5) is 0. The lowest BCUT2D eigenvalue weighted by Crippen LogP contribution is -2.21. The van der Waals surface area contributed by atoms with Gasteiger partial charge in [-0.15, -0.1) is 0 Å². The molecule has 2 heteroatoms. The van der Waals surface area contributed by atoms with Crippen LogP contribution >= 0.6 is 0 Å². The van der Waals surface area contributed by atoms with Crippen LogP contribution in [-0.2, 0) is 4.74 Å². The lowest BCUT2D eigenvalue weighted by molar-refractivity contribution is 0.0768. The molecule has 1 unspecified atom stereocenters. The number of aryl methyl sites for hydroxylation is 2. The molecule has 0 aliphatic carbocycles. The Labute approximate surface area is 112 Å². The molecule has 0 amide bonds. The number of hydrogen-bond acceptors (Lipinski definition) is 2. The molecule has 0 fully saturated rings. The van der Waals surface area contributed by atoms with E-state index in [1.54, 1.807) is 0 Å². The highest BCUT2D eigenvalue weighted by Crippen LogP contribution is 2.16. The molecule has 18 heavy (non-hydrogen) atoms. The molecule has 1 aromatic carbocycles. The van der Waals surface area contributed by atoms with Crippen LogP contribution in [0.1, 0.15) is 49.9 Å². The molecule has 0 aliphatic heterocycles. The molecule has 0 spiro atoms. The fourth-order valence-electron chi connectivity index (χ4n) is 2.09. The third kappa shape index (κ3) is 5.65. The lowest BCUT2D eigenvalue weighted by Gasteiger charge is -2.16. The Morgan fingerprint density at radius 2 is 1.67 bits per heavy atom. The van der Waals surface area contributed by atoms with Gasteiger partial charge in [-0.2, -0.15) is 0 Å². The smallest absolute Gasteiger partial charge is 0.0518 e. The van der Waals surface area contributed by atoms with Crippen LogP contribution in [0.15, 0.2) is 18.2 Å². The highest BCUT2D eigenvalue weighted by Gasteiger charge is 2.05. The van der Waals surface area contributed by atoms with Crippen molar-refractivity contribution in [2.24, 2.45) is 0 Å². The van der Waals surface area contributed by atoms with Crippen molar-refractivity contribution in [1.29, 1.82) is 0 Å². The first-order valence-electron chi connectivity index (χ1n) is 6.92. The fraction of sp³-hybridized carbons (Fsp3) is 0.625. The molecule has 2 nitrogen and oxygen atoms in total. The summed E-state index contributed by atoms with van der Waals surface area (Å²) in [6.07, 6.45) is 1.40.